The highest BCUT2D eigenvalue weighted by Gasteiger charge is 2.25. The molecule has 1 aliphatic carbocycles. The third-order valence-electron chi connectivity index (χ3n) is 3.83. The van der Waals surface area contributed by atoms with Gasteiger partial charge in [-0.3, -0.25) is 4.79 Å². The summed E-state index contributed by atoms with van der Waals surface area (Å²) in [6.45, 7) is 3.81. The topological polar surface area (TPSA) is 66.5 Å². The van der Waals surface area contributed by atoms with E-state index in [1.54, 1.807) is 4.90 Å². The predicted molar refractivity (Wildman–Crippen MR) is 86.4 cm³/mol. The first-order valence-corrected chi connectivity index (χ1v) is 8.76. The standard InChI is InChI=1S/C14H22N2O3S.ClH/c1-14(5-3-2-4-6-14)12-15-11-13(17)16-7-9-20(18,19)10-8-16;/h2-5,15H,6-12H2,1H3;1H/t14-;/m1./s1. The number of hydrogen-bond acceptors (Lipinski definition) is 4. The van der Waals surface area contributed by atoms with Gasteiger partial charge in [-0.2, -0.15) is 0 Å². The number of nitrogens with zero attached hydrogens (tertiary/aromatic N) is 1. The highest BCUT2D eigenvalue weighted by molar-refractivity contribution is 7.91. The molecule has 1 atom stereocenters. The number of carbonyl (C=O) groups excluding carboxylic acids is 1. The van der Waals surface area contributed by atoms with E-state index in [-0.39, 0.29) is 41.8 Å². The molecule has 0 aromatic carbocycles. The molecular weight excluding hydrogens is 312 g/mol. The number of rotatable bonds is 4. The molecule has 1 aliphatic heterocycles. The molecule has 0 bridgehead atoms. The Morgan fingerprint density at radius 2 is 1.95 bits per heavy atom. The number of carbonyl (C=O) groups is 1. The summed E-state index contributed by atoms with van der Waals surface area (Å²) >= 11 is 0. The van der Waals surface area contributed by atoms with Gasteiger partial charge in [0.2, 0.25) is 5.91 Å². The zero-order valence-electron chi connectivity index (χ0n) is 12.2. The van der Waals surface area contributed by atoms with Gasteiger partial charge >= 0.3 is 0 Å². The molecule has 0 unspecified atom stereocenters. The second-order valence-corrected chi connectivity index (χ2v) is 8.09. The molecule has 0 aromatic heterocycles. The van der Waals surface area contributed by atoms with Gasteiger partial charge in [0.15, 0.2) is 9.84 Å². The summed E-state index contributed by atoms with van der Waals surface area (Å²) in [5.41, 5.74) is 0.0558. The lowest BCUT2D eigenvalue weighted by Gasteiger charge is -2.29. The van der Waals surface area contributed by atoms with Gasteiger partial charge < -0.3 is 10.2 Å². The average Bonchev–Trinajstić information content (AvgIpc) is 2.39. The normalized spacial score (nSPS) is 27.2. The summed E-state index contributed by atoms with van der Waals surface area (Å²) in [7, 11) is -2.93. The Morgan fingerprint density at radius 1 is 1.29 bits per heavy atom. The molecule has 0 radical (unpaired) electrons. The smallest absolute Gasteiger partial charge is 0.236 e. The van der Waals surface area contributed by atoms with Crippen molar-refractivity contribution in [2.45, 2.75) is 13.3 Å². The fourth-order valence-electron chi connectivity index (χ4n) is 2.43. The van der Waals surface area contributed by atoms with E-state index in [0.717, 1.165) is 13.0 Å². The molecule has 5 nitrogen and oxygen atoms in total. The second-order valence-electron chi connectivity index (χ2n) is 5.78. The molecule has 0 saturated carbocycles. The van der Waals surface area contributed by atoms with Crippen molar-refractivity contribution in [3.8, 4) is 0 Å². The van der Waals surface area contributed by atoms with E-state index < -0.39 is 9.84 Å². The average molecular weight is 335 g/mol. The van der Waals surface area contributed by atoms with Gasteiger partial charge in [-0.25, -0.2) is 8.42 Å². The van der Waals surface area contributed by atoms with Crippen LogP contribution in [0.4, 0.5) is 0 Å². The quantitative estimate of drug-likeness (QED) is 0.825. The van der Waals surface area contributed by atoms with Crippen LogP contribution < -0.4 is 5.32 Å². The summed E-state index contributed by atoms with van der Waals surface area (Å²) < 4.78 is 22.6. The van der Waals surface area contributed by atoms with Crippen LogP contribution >= 0.6 is 12.4 Å². The molecule has 21 heavy (non-hydrogen) atoms. The van der Waals surface area contributed by atoms with Crippen molar-refractivity contribution < 1.29 is 13.2 Å². The van der Waals surface area contributed by atoms with E-state index in [2.05, 4.69) is 24.4 Å². The summed E-state index contributed by atoms with van der Waals surface area (Å²) in [6, 6.07) is 0. The zero-order chi connectivity index (χ0) is 14.6. The first-order chi connectivity index (χ1) is 9.40. The minimum absolute atomic E-state index is 0. The van der Waals surface area contributed by atoms with E-state index in [0.29, 0.717) is 13.1 Å². The molecule has 2 aliphatic rings. The molecular formula is C14H23ClN2O3S. The minimum atomic E-state index is -2.93. The number of sulfone groups is 1. The minimum Gasteiger partial charge on any atom is -0.340 e. The van der Waals surface area contributed by atoms with Crippen molar-refractivity contribution in [1.82, 2.24) is 10.2 Å². The van der Waals surface area contributed by atoms with Crippen LogP contribution in [-0.2, 0) is 14.6 Å². The Hall–Kier alpha value is -0.850. The van der Waals surface area contributed by atoms with Crippen LogP contribution in [-0.4, -0.2) is 56.9 Å². The van der Waals surface area contributed by atoms with Gasteiger partial charge in [0.25, 0.3) is 0 Å². The van der Waals surface area contributed by atoms with Crippen molar-refractivity contribution >= 4 is 28.2 Å². The zero-order valence-corrected chi connectivity index (χ0v) is 13.9. The van der Waals surface area contributed by atoms with Gasteiger partial charge in [0, 0.05) is 25.0 Å². The maximum atomic E-state index is 12.0. The van der Waals surface area contributed by atoms with Crippen LogP contribution in [0.25, 0.3) is 0 Å². The summed E-state index contributed by atoms with van der Waals surface area (Å²) in [6.07, 6.45) is 9.30. The van der Waals surface area contributed by atoms with Crippen LogP contribution in [0.3, 0.4) is 0 Å². The Bertz CT molecular complexity index is 516. The van der Waals surface area contributed by atoms with Gasteiger partial charge in [-0.05, 0) is 6.42 Å². The van der Waals surface area contributed by atoms with E-state index in [1.165, 1.54) is 0 Å². The molecule has 1 fully saturated rings. The predicted octanol–water partition coefficient (Wildman–Crippen LogP) is 0.777. The molecule has 1 saturated heterocycles. The van der Waals surface area contributed by atoms with Crippen LogP contribution in [0, 0.1) is 5.41 Å². The van der Waals surface area contributed by atoms with E-state index in [4.69, 9.17) is 0 Å². The van der Waals surface area contributed by atoms with Crippen LogP contribution in [0.5, 0.6) is 0 Å². The monoisotopic (exact) mass is 334 g/mol. The Kier molecular flexibility index (Phi) is 6.43. The SMILES string of the molecule is C[C@@]1(CNCC(=O)N2CCS(=O)(=O)CC2)C=CC=CC1.Cl. The number of halogens is 1. The Labute approximate surface area is 132 Å². The Balaban J connectivity index is 0.00000220. The lowest BCUT2D eigenvalue weighted by molar-refractivity contribution is -0.129. The molecule has 1 amide bonds. The molecule has 2 rings (SSSR count). The van der Waals surface area contributed by atoms with Crippen molar-refractivity contribution in [2.75, 3.05) is 37.7 Å². The fraction of sp³-hybridized carbons (Fsp3) is 0.643. The van der Waals surface area contributed by atoms with E-state index in [1.807, 2.05) is 12.2 Å². The molecule has 7 heteroatoms. The third-order valence-corrected chi connectivity index (χ3v) is 5.44. The third kappa shape index (κ3) is 5.45. The molecule has 1 N–H and O–H groups in total. The summed E-state index contributed by atoms with van der Waals surface area (Å²) in [5, 5.41) is 3.19. The number of hydrogen-bond donors (Lipinski definition) is 1. The summed E-state index contributed by atoms with van der Waals surface area (Å²) in [5.74, 6) is 0.160. The second kappa shape index (κ2) is 7.42. The van der Waals surface area contributed by atoms with Crippen molar-refractivity contribution in [3.63, 3.8) is 0 Å². The number of allylic oxidation sites excluding steroid dienone is 3. The van der Waals surface area contributed by atoms with Crippen molar-refractivity contribution in [2.24, 2.45) is 5.41 Å². The Morgan fingerprint density at radius 3 is 2.52 bits per heavy atom. The fourth-order valence-corrected chi connectivity index (χ4v) is 3.63. The van der Waals surface area contributed by atoms with Crippen LogP contribution in [0.1, 0.15) is 13.3 Å². The number of amides is 1. The van der Waals surface area contributed by atoms with Gasteiger partial charge in [0.1, 0.15) is 0 Å². The van der Waals surface area contributed by atoms with E-state index >= 15 is 0 Å². The largest absolute Gasteiger partial charge is 0.340 e. The molecule has 1 heterocycles. The highest BCUT2D eigenvalue weighted by atomic mass is 35.5. The van der Waals surface area contributed by atoms with Gasteiger partial charge in [-0.15, -0.1) is 12.4 Å². The lowest BCUT2D eigenvalue weighted by atomic mass is 9.84. The van der Waals surface area contributed by atoms with Crippen LogP contribution in [0.2, 0.25) is 0 Å². The lowest BCUT2D eigenvalue weighted by Crippen LogP contribution is -2.47. The van der Waals surface area contributed by atoms with Gasteiger partial charge in [0.05, 0.1) is 18.1 Å². The summed E-state index contributed by atoms with van der Waals surface area (Å²) in [4.78, 5) is 13.6. The van der Waals surface area contributed by atoms with Crippen LogP contribution in [0.15, 0.2) is 24.3 Å². The highest BCUT2D eigenvalue weighted by Crippen LogP contribution is 2.25. The molecule has 0 aromatic rings. The molecule has 0 spiro atoms. The first-order valence-electron chi connectivity index (χ1n) is 6.94. The molecule has 120 valence electrons. The number of nitrogens with one attached hydrogen (secondary N) is 1. The van der Waals surface area contributed by atoms with E-state index in [9.17, 15) is 13.2 Å². The van der Waals surface area contributed by atoms with Crippen molar-refractivity contribution in [1.29, 1.82) is 0 Å². The maximum Gasteiger partial charge on any atom is 0.236 e. The van der Waals surface area contributed by atoms with Gasteiger partial charge in [-0.1, -0.05) is 31.2 Å². The van der Waals surface area contributed by atoms with Crippen molar-refractivity contribution in [3.05, 3.63) is 24.3 Å². The first kappa shape index (κ1) is 18.2. The maximum absolute atomic E-state index is 12.0.